The lowest BCUT2D eigenvalue weighted by Gasteiger charge is -2.07. The van der Waals surface area contributed by atoms with Crippen molar-refractivity contribution in [1.82, 2.24) is 15.3 Å². The highest BCUT2D eigenvalue weighted by Crippen LogP contribution is 2.09. The van der Waals surface area contributed by atoms with Crippen LogP contribution in [0.3, 0.4) is 0 Å². The molecule has 0 bridgehead atoms. The molecule has 1 amide bonds. The van der Waals surface area contributed by atoms with E-state index in [2.05, 4.69) is 27.5 Å². The van der Waals surface area contributed by atoms with Gasteiger partial charge in [-0.15, -0.1) is 0 Å². The minimum atomic E-state index is -0.197. The summed E-state index contributed by atoms with van der Waals surface area (Å²) in [5.74, 6) is 0.354. The number of nitrogens with zero attached hydrogens (tertiary/aromatic N) is 2. The highest BCUT2D eigenvalue weighted by Gasteiger charge is 2.07. The van der Waals surface area contributed by atoms with E-state index in [0.717, 1.165) is 18.5 Å². The Morgan fingerprint density at radius 3 is 2.48 bits per heavy atom. The maximum Gasteiger partial charge on any atom is 0.254 e. The van der Waals surface area contributed by atoms with Crippen LogP contribution in [-0.4, -0.2) is 22.4 Å². The fourth-order valence-corrected chi connectivity index (χ4v) is 2.12. The number of hydrogen-bond acceptors (Lipinski definition) is 4. The zero-order valence-electron chi connectivity index (χ0n) is 13.2. The Morgan fingerprint density at radius 1 is 1.13 bits per heavy atom. The first-order valence-corrected chi connectivity index (χ1v) is 8.15. The summed E-state index contributed by atoms with van der Waals surface area (Å²) in [7, 11) is 0. The SMILES string of the molecule is CCCCCNc1ncc(C(=O)NCc2ccc(Cl)cc2)cn1. The lowest BCUT2D eigenvalue weighted by atomic mass is 10.2. The monoisotopic (exact) mass is 332 g/mol. The third kappa shape index (κ3) is 5.87. The summed E-state index contributed by atoms with van der Waals surface area (Å²) in [6, 6.07) is 7.35. The molecule has 1 aromatic heterocycles. The summed E-state index contributed by atoms with van der Waals surface area (Å²) in [4.78, 5) is 20.4. The molecule has 2 aromatic rings. The minimum Gasteiger partial charge on any atom is -0.354 e. The second-order valence-electron chi connectivity index (χ2n) is 5.24. The summed E-state index contributed by atoms with van der Waals surface area (Å²) >= 11 is 5.83. The second kappa shape index (κ2) is 9.10. The molecule has 0 saturated carbocycles. The summed E-state index contributed by atoms with van der Waals surface area (Å²) < 4.78 is 0. The van der Waals surface area contributed by atoms with Crippen LogP contribution in [0.5, 0.6) is 0 Å². The van der Waals surface area contributed by atoms with Gasteiger partial charge in [0, 0.05) is 30.5 Å². The van der Waals surface area contributed by atoms with E-state index < -0.39 is 0 Å². The molecule has 2 rings (SSSR count). The van der Waals surface area contributed by atoms with E-state index >= 15 is 0 Å². The number of benzene rings is 1. The molecule has 0 radical (unpaired) electrons. The molecule has 0 saturated heterocycles. The molecular formula is C17H21ClN4O. The third-order valence-electron chi connectivity index (χ3n) is 3.34. The summed E-state index contributed by atoms with van der Waals surface area (Å²) in [5.41, 5.74) is 1.43. The highest BCUT2D eigenvalue weighted by molar-refractivity contribution is 6.30. The van der Waals surface area contributed by atoms with Gasteiger partial charge in [0.2, 0.25) is 5.95 Å². The van der Waals surface area contributed by atoms with Crippen LogP contribution in [-0.2, 0) is 6.54 Å². The van der Waals surface area contributed by atoms with Gasteiger partial charge in [-0.25, -0.2) is 9.97 Å². The van der Waals surface area contributed by atoms with E-state index in [9.17, 15) is 4.79 Å². The number of unbranched alkanes of at least 4 members (excludes halogenated alkanes) is 2. The lowest BCUT2D eigenvalue weighted by molar-refractivity contribution is 0.0950. The van der Waals surface area contributed by atoms with Crippen LogP contribution in [0.25, 0.3) is 0 Å². The molecule has 0 fully saturated rings. The van der Waals surface area contributed by atoms with Gasteiger partial charge in [0.15, 0.2) is 0 Å². The van der Waals surface area contributed by atoms with Crippen molar-refractivity contribution in [2.24, 2.45) is 0 Å². The van der Waals surface area contributed by atoms with Crippen LogP contribution in [0.2, 0.25) is 5.02 Å². The minimum absolute atomic E-state index is 0.197. The molecule has 0 aliphatic rings. The standard InChI is InChI=1S/C17H21ClN4O/c1-2-3-4-9-19-17-21-11-14(12-22-17)16(23)20-10-13-5-7-15(18)8-6-13/h5-8,11-12H,2-4,9-10H2,1H3,(H,20,23)(H,19,21,22). The van der Waals surface area contributed by atoms with Crippen molar-refractivity contribution < 1.29 is 4.79 Å². The molecule has 1 aromatic carbocycles. The second-order valence-corrected chi connectivity index (χ2v) is 5.67. The quantitative estimate of drug-likeness (QED) is 0.724. The Hall–Kier alpha value is -2.14. The maximum absolute atomic E-state index is 12.1. The predicted octanol–water partition coefficient (Wildman–Crippen LogP) is 3.66. The first-order valence-electron chi connectivity index (χ1n) is 7.77. The topological polar surface area (TPSA) is 66.9 Å². The van der Waals surface area contributed by atoms with Crippen LogP contribution in [0.1, 0.15) is 42.1 Å². The number of halogens is 1. The Balaban J connectivity index is 1.81. The molecule has 2 N–H and O–H groups in total. The predicted molar refractivity (Wildman–Crippen MR) is 92.7 cm³/mol. The van der Waals surface area contributed by atoms with E-state index in [4.69, 9.17) is 11.6 Å². The Bertz CT molecular complexity index is 613. The van der Waals surface area contributed by atoms with Crippen molar-refractivity contribution in [3.8, 4) is 0 Å². The zero-order valence-corrected chi connectivity index (χ0v) is 13.9. The van der Waals surface area contributed by atoms with Gasteiger partial charge in [-0.2, -0.15) is 0 Å². The van der Waals surface area contributed by atoms with Crippen molar-refractivity contribution in [3.63, 3.8) is 0 Å². The van der Waals surface area contributed by atoms with Crippen molar-refractivity contribution in [2.75, 3.05) is 11.9 Å². The van der Waals surface area contributed by atoms with Gasteiger partial charge in [-0.1, -0.05) is 43.5 Å². The fraction of sp³-hybridized carbons (Fsp3) is 0.353. The van der Waals surface area contributed by atoms with Gasteiger partial charge in [-0.05, 0) is 24.1 Å². The number of nitrogens with one attached hydrogen (secondary N) is 2. The number of anilines is 1. The van der Waals surface area contributed by atoms with Gasteiger partial charge >= 0.3 is 0 Å². The molecule has 5 nitrogen and oxygen atoms in total. The molecule has 122 valence electrons. The number of amides is 1. The number of carbonyl (C=O) groups is 1. The van der Waals surface area contributed by atoms with Crippen LogP contribution in [0.15, 0.2) is 36.7 Å². The van der Waals surface area contributed by atoms with Gasteiger partial charge < -0.3 is 10.6 Å². The van der Waals surface area contributed by atoms with Crippen molar-refractivity contribution in [1.29, 1.82) is 0 Å². The summed E-state index contributed by atoms with van der Waals surface area (Å²) in [5, 5.41) is 6.65. The number of hydrogen-bond donors (Lipinski definition) is 2. The summed E-state index contributed by atoms with van der Waals surface area (Å²) in [6.45, 7) is 3.44. The van der Waals surface area contributed by atoms with E-state index in [1.807, 2.05) is 12.1 Å². The normalized spacial score (nSPS) is 10.3. The van der Waals surface area contributed by atoms with Crippen LogP contribution in [0, 0.1) is 0 Å². The number of rotatable bonds is 8. The zero-order chi connectivity index (χ0) is 16.5. The van der Waals surface area contributed by atoms with Crippen LogP contribution in [0.4, 0.5) is 5.95 Å². The van der Waals surface area contributed by atoms with Crippen molar-refractivity contribution >= 4 is 23.5 Å². The first kappa shape index (κ1) is 17.2. The van der Waals surface area contributed by atoms with E-state index in [1.54, 1.807) is 12.1 Å². The third-order valence-corrected chi connectivity index (χ3v) is 3.60. The van der Waals surface area contributed by atoms with E-state index in [-0.39, 0.29) is 5.91 Å². The fourth-order valence-electron chi connectivity index (χ4n) is 2.00. The number of carbonyl (C=O) groups excluding carboxylic acids is 1. The Labute approximate surface area is 141 Å². The van der Waals surface area contributed by atoms with E-state index in [0.29, 0.717) is 23.1 Å². The molecule has 0 aliphatic carbocycles. The molecule has 0 aliphatic heterocycles. The maximum atomic E-state index is 12.1. The molecule has 23 heavy (non-hydrogen) atoms. The van der Waals surface area contributed by atoms with Gasteiger partial charge in [0.25, 0.3) is 5.91 Å². The first-order chi connectivity index (χ1) is 11.2. The molecule has 6 heteroatoms. The largest absolute Gasteiger partial charge is 0.354 e. The smallest absolute Gasteiger partial charge is 0.254 e. The van der Waals surface area contributed by atoms with Crippen LogP contribution >= 0.6 is 11.6 Å². The van der Waals surface area contributed by atoms with Gasteiger partial charge in [0.1, 0.15) is 0 Å². The average Bonchev–Trinajstić information content (AvgIpc) is 2.58. The Morgan fingerprint density at radius 2 is 1.83 bits per heavy atom. The Kier molecular flexibility index (Phi) is 6.81. The molecule has 1 heterocycles. The lowest BCUT2D eigenvalue weighted by Crippen LogP contribution is -2.23. The number of aromatic nitrogens is 2. The molecule has 0 atom stereocenters. The highest BCUT2D eigenvalue weighted by atomic mass is 35.5. The van der Waals surface area contributed by atoms with Gasteiger partial charge in [-0.3, -0.25) is 4.79 Å². The van der Waals surface area contributed by atoms with Crippen molar-refractivity contribution in [3.05, 3.63) is 52.8 Å². The van der Waals surface area contributed by atoms with Crippen molar-refractivity contribution in [2.45, 2.75) is 32.7 Å². The molecule has 0 unspecified atom stereocenters. The average molecular weight is 333 g/mol. The molecule has 0 spiro atoms. The van der Waals surface area contributed by atoms with Crippen LogP contribution < -0.4 is 10.6 Å². The van der Waals surface area contributed by atoms with Gasteiger partial charge in [0.05, 0.1) is 5.56 Å². The van der Waals surface area contributed by atoms with E-state index in [1.165, 1.54) is 25.2 Å². The molecular weight excluding hydrogens is 312 g/mol. The summed E-state index contributed by atoms with van der Waals surface area (Å²) in [6.07, 6.45) is 6.51.